The van der Waals surface area contributed by atoms with Crippen LogP contribution in [0.25, 0.3) is 0 Å². The van der Waals surface area contributed by atoms with Gasteiger partial charge in [-0.25, -0.2) is 8.42 Å². The average Bonchev–Trinajstić information content (AvgIpc) is 2.35. The summed E-state index contributed by atoms with van der Waals surface area (Å²) in [6, 6.07) is 5.09. The highest BCUT2D eigenvalue weighted by atomic mass is 32.2. The minimum atomic E-state index is -3.20. The summed E-state index contributed by atoms with van der Waals surface area (Å²) in [6.45, 7) is 2.56. The molecule has 1 aliphatic rings. The normalized spacial score (nSPS) is 22.8. The first-order valence-corrected chi connectivity index (χ1v) is 6.83. The molecule has 0 aliphatic carbocycles. The third kappa shape index (κ3) is 1.87. The monoisotopic (exact) mass is 241 g/mol. The van der Waals surface area contributed by atoms with Crippen LogP contribution < -0.4 is 10.1 Å². The number of rotatable bonds is 1. The molecule has 1 atom stereocenters. The molecule has 4 nitrogen and oxygen atoms in total. The van der Waals surface area contributed by atoms with E-state index in [0.29, 0.717) is 22.9 Å². The molecule has 0 bridgehead atoms. The van der Waals surface area contributed by atoms with Gasteiger partial charge in [-0.1, -0.05) is 13.0 Å². The summed E-state index contributed by atoms with van der Waals surface area (Å²) in [5, 5.41) is 3.15. The van der Waals surface area contributed by atoms with Gasteiger partial charge in [0.05, 0.1) is 23.4 Å². The van der Waals surface area contributed by atoms with E-state index in [1.165, 1.54) is 7.11 Å². The van der Waals surface area contributed by atoms with E-state index < -0.39 is 9.84 Å². The molecular formula is C11H15NO3S. The van der Waals surface area contributed by atoms with Gasteiger partial charge in [-0.2, -0.15) is 0 Å². The Morgan fingerprint density at radius 3 is 2.88 bits per heavy atom. The third-order valence-electron chi connectivity index (χ3n) is 2.67. The van der Waals surface area contributed by atoms with E-state index in [0.717, 1.165) is 0 Å². The van der Waals surface area contributed by atoms with Crippen molar-refractivity contribution in [2.45, 2.75) is 11.8 Å². The number of hydrogen-bond donors (Lipinski definition) is 1. The molecule has 1 N–H and O–H groups in total. The second kappa shape index (κ2) is 3.97. The maximum Gasteiger partial charge on any atom is 0.180 e. The van der Waals surface area contributed by atoms with Gasteiger partial charge in [0.15, 0.2) is 9.84 Å². The highest BCUT2D eigenvalue weighted by Gasteiger charge is 2.27. The Morgan fingerprint density at radius 2 is 2.19 bits per heavy atom. The second-order valence-corrected chi connectivity index (χ2v) is 6.10. The molecule has 0 aromatic heterocycles. The molecule has 0 saturated heterocycles. The van der Waals surface area contributed by atoms with Gasteiger partial charge < -0.3 is 10.1 Å². The van der Waals surface area contributed by atoms with Crippen LogP contribution in [-0.4, -0.2) is 27.8 Å². The van der Waals surface area contributed by atoms with Crippen LogP contribution in [0.5, 0.6) is 5.75 Å². The Bertz CT molecular complexity index is 496. The van der Waals surface area contributed by atoms with Crippen molar-refractivity contribution in [3.05, 3.63) is 18.2 Å². The van der Waals surface area contributed by atoms with Crippen LogP contribution in [0.3, 0.4) is 0 Å². The van der Waals surface area contributed by atoms with Gasteiger partial charge in [-0.3, -0.25) is 0 Å². The molecule has 0 spiro atoms. The van der Waals surface area contributed by atoms with Gasteiger partial charge in [-0.15, -0.1) is 0 Å². The number of anilines is 1. The SMILES string of the molecule is COc1cccc2c1NCC(C)CS2(=O)=O. The summed E-state index contributed by atoms with van der Waals surface area (Å²) < 4.78 is 29.3. The second-order valence-electron chi connectivity index (χ2n) is 4.10. The fourth-order valence-electron chi connectivity index (χ4n) is 1.91. The lowest BCUT2D eigenvalue weighted by atomic mass is 10.2. The highest BCUT2D eigenvalue weighted by molar-refractivity contribution is 7.91. The molecule has 2 rings (SSSR count). The number of fused-ring (bicyclic) bond motifs is 1. The zero-order valence-corrected chi connectivity index (χ0v) is 10.2. The molecule has 1 aromatic rings. The quantitative estimate of drug-likeness (QED) is 0.810. The summed E-state index contributed by atoms with van der Waals surface area (Å²) >= 11 is 0. The van der Waals surface area contributed by atoms with Gasteiger partial charge in [0.25, 0.3) is 0 Å². The molecule has 5 heteroatoms. The predicted octanol–water partition coefficient (Wildman–Crippen LogP) is 1.53. The summed E-state index contributed by atoms with van der Waals surface area (Å²) in [7, 11) is -1.66. The van der Waals surface area contributed by atoms with Crippen molar-refractivity contribution >= 4 is 15.5 Å². The van der Waals surface area contributed by atoms with Crippen molar-refractivity contribution in [1.82, 2.24) is 0 Å². The minimum absolute atomic E-state index is 0.0992. The van der Waals surface area contributed by atoms with Crippen molar-refractivity contribution < 1.29 is 13.2 Å². The lowest BCUT2D eigenvalue weighted by Gasteiger charge is -2.11. The Balaban J connectivity index is 2.62. The Hall–Kier alpha value is -1.23. The number of ether oxygens (including phenoxy) is 1. The lowest BCUT2D eigenvalue weighted by Crippen LogP contribution is -2.15. The van der Waals surface area contributed by atoms with Crippen molar-refractivity contribution in [1.29, 1.82) is 0 Å². The topological polar surface area (TPSA) is 55.4 Å². The smallest absolute Gasteiger partial charge is 0.180 e. The molecule has 88 valence electrons. The zero-order chi connectivity index (χ0) is 11.8. The van der Waals surface area contributed by atoms with E-state index in [9.17, 15) is 8.42 Å². The zero-order valence-electron chi connectivity index (χ0n) is 9.36. The van der Waals surface area contributed by atoms with Gasteiger partial charge in [0, 0.05) is 6.54 Å². The first-order valence-electron chi connectivity index (χ1n) is 5.18. The Labute approximate surface area is 95.5 Å². The number of para-hydroxylation sites is 1. The van der Waals surface area contributed by atoms with Crippen LogP contribution in [0.1, 0.15) is 6.92 Å². The van der Waals surface area contributed by atoms with Crippen LogP contribution in [-0.2, 0) is 9.84 Å². The summed E-state index contributed by atoms with van der Waals surface area (Å²) in [5.41, 5.74) is 0.592. The van der Waals surface area contributed by atoms with E-state index in [1.54, 1.807) is 18.2 Å². The third-order valence-corrected chi connectivity index (χ3v) is 4.69. The van der Waals surface area contributed by atoms with Crippen molar-refractivity contribution in [3.8, 4) is 5.75 Å². The number of sulfone groups is 1. The van der Waals surface area contributed by atoms with E-state index in [4.69, 9.17) is 4.74 Å². The number of hydrogen-bond acceptors (Lipinski definition) is 4. The fraction of sp³-hybridized carbons (Fsp3) is 0.455. The number of benzene rings is 1. The molecule has 0 amide bonds. The maximum absolute atomic E-state index is 12.1. The average molecular weight is 241 g/mol. The predicted molar refractivity (Wildman–Crippen MR) is 62.7 cm³/mol. The van der Waals surface area contributed by atoms with Crippen molar-refractivity contribution in [2.75, 3.05) is 24.7 Å². The van der Waals surface area contributed by atoms with Crippen LogP contribution in [0, 0.1) is 5.92 Å². The Morgan fingerprint density at radius 1 is 1.44 bits per heavy atom. The standard InChI is InChI=1S/C11H15NO3S/c1-8-6-12-11-9(15-2)4-3-5-10(11)16(13,14)7-8/h3-5,8,12H,6-7H2,1-2H3. The summed E-state index contributed by atoms with van der Waals surface area (Å²) in [5.74, 6) is 0.859. The van der Waals surface area contributed by atoms with Gasteiger partial charge in [0.2, 0.25) is 0 Å². The van der Waals surface area contributed by atoms with Gasteiger partial charge >= 0.3 is 0 Å². The maximum atomic E-state index is 12.1. The van der Waals surface area contributed by atoms with Crippen molar-refractivity contribution in [2.24, 2.45) is 5.92 Å². The van der Waals surface area contributed by atoms with Crippen molar-refractivity contribution in [3.63, 3.8) is 0 Å². The first-order chi connectivity index (χ1) is 7.54. The lowest BCUT2D eigenvalue weighted by molar-refractivity contribution is 0.415. The van der Waals surface area contributed by atoms with Crippen LogP contribution in [0.4, 0.5) is 5.69 Å². The van der Waals surface area contributed by atoms with Gasteiger partial charge in [-0.05, 0) is 18.1 Å². The Kier molecular flexibility index (Phi) is 2.80. The molecule has 0 radical (unpaired) electrons. The molecule has 0 saturated carbocycles. The first kappa shape index (κ1) is 11.3. The number of nitrogens with one attached hydrogen (secondary N) is 1. The van der Waals surface area contributed by atoms with Gasteiger partial charge in [0.1, 0.15) is 5.75 Å². The van der Waals surface area contributed by atoms with Crippen LogP contribution in [0.2, 0.25) is 0 Å². The van der Waals surface area contributed by atoms with Crippen LogP contribution >= 0.6 is 0 Å². The van der Waals surface area contributed by atoms with E-state index in [1.807, 2.05) is 6.92 Å². The summed E-state index contributed by atoms with van der Waals surface area (Å²) in [6.07, 6.45) is 0. The molecule has 16 heavy (non-hydrogen) atoms. The molecule has 1 aromatic carbocycles. The molecule has 0 fully saturated rings. The number of methoxy groups -OCH3 is 1. The highest BCUT2D eigenvalue weighted by Crippen LogP contribution is 2.34. The van der Waals surface area contributed by atoms with E-state index in [2.05, 4.69) is 5.32 Å². The minimum Gasteiger partial charge on any atom is -0.495 e. The largest absolute Gasteiger partial charge is 0.495 e. The molecule has 1 aliphatic heterocycles. The summed E-state index contributed by atoms with van der Waals surface area (Å²) in [4.78, 5) is 0.344. The van der Waals surface area contributed by atoms with E-state index in [-0.39, 0.29) is 11.7 Å². The fourth-order valence-corrected chi connectivity index (χ4v) is 3.73. The molecule has 1 heterocycles. The van der Waals surface area contributed by atoms with Crippen LogP contribution in [0.15, 0.2) is 23.1 Å². The molecule has 1 unspecified atom stereocenters. The molecular weight excluding hydrogens is 226 g/mol. The van der Waals surface area contributed by atoms with E-state index >= 15 is 0 Å².